The lowest BCUT2D eigenvalue weighted by Crippen LogP contribution is -2.20. The Labute approximate surface area is 152 Å². The number of anilines is 1. The molecule has 24 heavy (non-hydrogen) atoms. The van der Waals surface area contributed by atoms with E-state index in [0.717, 1.165) is 10.0 Å². The molecule has 0 atom stereocenters. The topological polar surface area (TPSA) is 77.5 Å². The van der Waals surface area contributed by atoms with Crippen LogP contribution in [0.1, 0.15) is 18.2 Å². The fourth-order valence-electron chi connectivity index (χ4n) is 1.82. The highest BCUT2D eigenvalue weighted by atomic mass is 79.9. The third-order valence-electron chi connectivity index (χ3n) is 2.93. The quantitative estimate of drug-likeness (QED) is 0.705. The standard InChI is InChI=1S/C16H17BrN2O4S/c1-3-22-15(21)7-11-9-24-16(18-11)19-14(20)8-23-12-4-5-13(17)10(2)6-12/h4-6,9H,3,7-8H2,1-2H3,(H,18,19,20). The van der Waals surface area contributed by atoms with Crippen molar-refractivity contribution in [3.05, 3.63) is 39.3 Å². The van der Waals surface area contributed by atoms with Gasteiger partial charge in [0.25, 0.3) is 5.91 Å². The lowest BCUT2D eigenvalue weighted by molar-refractivity contribution is -0.142. The van der Waals surface area contributed by atoms with Crippen molar-refractivity contribution in [1.29, 1.82) is 0 Å². The highest BCUT2D eigenvalue weighted by Crippen LogP contribution is 2.21. The van der Waals surface area contributed by atoms with Gasteiger partial charge in [0, 0.05) is 9.85 Å². The Hall–Kier alpha value is -1.93. The molecule has 1 amide bonds. The van der Waals surface area contributed by atoms with Crippen molar-refractivity contribution >= 4 is 44.3 Å². The maximum atomic E-state index is 11.9. The maximum Gasteiger partial charge on any atom is 0.311 e. The van der Waals surface area contributed by atoms with Gasteiger partial charge in [-0.25, -0.2) is 4.98 Å². The SMILES string of the molecule is CCOC(=O)Cc1csc(NC(=O)COc2ccc(Br)c(C)c2)n1. The van der Waals surface area contributed by atoms with Crippen LogP contribution in [-0.4, -0.2) is 30.1 Å². The van der Waals surface area contributed by atoms with Gasteiger partial charge < -0.3 is 9.47 Å². The Balaban J connectivity index is 1.83. The second-order valence-corrected chi connectivity index (χ2v) is 6.59. The minimum absolute atomic E-state index is 0.0921. The van der Waals surface area contributed by atoms with Crippen LogP contribution in [0.5, 0.6) is 5.75 Å². The summed E-state index contributed by atoms with van der Waals surface area (Å²) in [5, 5.41) is 4.79. The number of rotatable bonds is 7. The summed E-state index contributed by atoms with van der Waals surface area (Å²) in [6.45, 7) is 3.91. The van der Waals surface area contributed by atoms with Gasteiger partial charge in [0.15, 0.2) is 11.7 Å². The first kappa shape index (κ1) is 18.4. The van der Waals surface area contributed by atoms with Gasteiger partial charge in [-0.05, 0) is 37.6 Å². The van der Waals surface area contributed by atoms with Gasteiger partial charge in [0.1, 0.15) is 5.75 Å². The van der Waals surface area contributed by atoms with Crippen molar-refractivity contribution in [1.82, 2.24) is 4.98 Å². The number of amides is 1. The molecule has 0 bridgehead atoms. The smallest absolute Gasteiger partial charge is 0.311 e. The molecule has 0 aliphatic heterocycles. The molecule has 0 unspecified atom stereocenters. The van der Waals surface area contributed by atoms with Gasteiger partial charge in [0.05, 0.1) is 18.7 Å². The summed E-state index contributed by atoms with van der Waals surface area (Å²) in [5.74, 6) is -0.0322. The summed E-state index contributed by atoms with van der Waals surface area (Å²) in [4.78, 5) is 27.5. The first-order chi connectivity index (χ1) is 11.5. The molecule has 1 aromatic heterocycles. The summed E-state index contributed by atoms with van der Waals surface area (Å²) >= 11 is 4.66. The molecule has 6 nitrogen and oxygen atoms in total. The number of nitrogens with zero attached hydrogens (tertiary/aromatic N) is 1. The van der Waals surface area contributed by atoms with Crippen LogP contribution in [-0.2, 0) is 20.7 Å². The van der Waals surface area contributed by atoms with Crippen LogP contribution < -0.4 is 10.1 Å². The number of carbonyl (C=O) groups excluding carboxylic acids is 2. The molecule has 1 N–H and O–H groups in total. The van der Waals surface area contributed by atoms with Crippen LogP contribution in [0.4, 0.5) is 5.13 Å². The highest BCUT2D eigenvalue weighted by Gasteiger charge is 2.11. The second kappa shape index (κ2) is 8.79. The van der Waals surface area contributed by atoms with Crippen molar-refractivity contribution in [2.45, 2.75) is 20.3 Å². The number of carbonyl (C=O) groups is 2. The Morgan fingerprint density at radius 3 is 2.88 bits per heavy atom. The first-order valence-electron chi connectivity index (χ1n) is 7.26. The number of ether oxygens (including phenoxy) is 2. The van der Waals surface area contributed by atoms with Gasteiger partial charge >= 0.3 is 5.97 Å². The number of aromatic nitrogens is 1. The summed E-state index contributed by atoms with van der Waals surface area (Å²) in [6, 6.07) is 5.49. The van der Waals surface area contributed by atoms with Crippen LogP contribution in [0.25, 0.3) is 0 Å². The third-order valence-corrected chi connectivity index (χ3v) is 4.62. The largest absolute Gasteiger partial charge is 0.484 e. The van der Waals surface area contributed by atoms with E-state index in [2.05, 4.69) is 26.2 Å². The molecule has 0 saturated carbocycles. The molecule has 0 aliphatic rings. The number of halogens is 1. The third kappa shape index (κ3) is 5.61. The molecule has 0 saturated heterocycles. The maximum absolute atomic E-state index is 11.9. The number of benzene rings is 1. The van der Waals surface area contributed by atoms with Crippen LogP contribution >= 0.6 is 27.3 Å². The monoisotopic (exact) mass is 412 g/mol. The predicted octanol–water partition coefficient (Wildman–Crippen LogP) is 3.34. The van der Waals surface area contributed by atoms with Crippen molar-refractivity contribution < 1.29 is 19.1 Å². The Bertz CT molecular complexity index is 733. The van der Waals surface area contributed by atoms with Crippen molar-refractivity contribution in [3.8, 4) is 5.75 Å². The molecule has 1 aromatic carbocycles. The minimum Gasteiger partial charge on any atom is -0.484 e. The fraction of sp³-hybridized carbons (Fsp3) is 0.312. The minimum atomic E-state index is -0.338. The van der Waals surface area contributed by atoms with Crippen LogP contribution in [0, 0.1) is 6.92 Å². The molecule has 0 spiro atoms. The zero-order valence-electron chi connectivity index (χ0n) is 13.3. The fourth-order valence-corrected chi connectivity index (χ4v) is 2.79. The number of hydrogen-bond donors (Lipinski definition) is 1. The molecule has 0 aliphatic carbocycles. The van der Waals surface area contributed by atoms with Crippen molar-refractivity contribution in [2.75, 3.05) is 18.5 Å². The number of esters is 1. The molecule has 1 heterocycles. The van der Waals surface area contributed by atoms with Crippen LogP contribution in [0.2, 0.25) is 0 Å². The first-order valence-corrected chi connectivity index (χ1v) is 8.94. The predicted molar refractivity (Wildman–Crippen MR) is 95.5 cm³/mol. The van der Waals surface area contributed by atoms with Crippen molar-refractivity contribution in [3.63, 3.8) is 0 Å². The van der Waals surface area contributed by atoms with E-state index in [0.29, 0.717) is 23.2 Å². The molecular weight excluding hydrogens is 396 g/mol. The molecule has 0 fully saturated rings. The number of aryl methyl sites for hydroxylation is 1. The van der Waals surface area contributed by atoms with E-state index in [1.165, 1.54) is 11.3 Å². The lowest BCUT2D eigenvalue weighted by atomic mass is 10.2. The summed E-state index contributed by atoms with van der Waals surface area (Å²) < 4.78 is 11.3. The van der Waals surface area contributed by atoms with E-state index < -0.39 is 0 Å². The summed E-state index contributed by atoms with van der Waals surface area (Å²) in [7, 11) is 0. The number of thiazole rings is 1. The van der Waals surface area contributed by atoms with Gasteiger partial charge in [0.2, 0.25) is 0 Å². The van der Waals surface area contributed by atoms with Crippen LogP contribution in [0.3, 0.4) is 0 Å². The van der Waals surface area contributed by atoms with E-state index in [4.69, 9.17) is 9.47 Å². The van der Waals surface area contributed by atoms with Crippen molar-refractivity contribution in [2.24, 2.45) is 0 Å². The van der Waals surface area contributed by atoms with Crippen LogP contribution in [0.15, 0.2) is 28.1 Å². The average Bonchev–Trinajstić information content (AvgIpc) is 2.95. The normalized spacial score (nSPS) is 10.3. The van der Waals surface area contributed by atoms with E-state index in [9.17, 15) is 9.59 Å². The number of hydrogen-bond acceptors (Lipinski definition) is 6. The van der Waals surface area contributed by atoms with E-state index in [1.54, 1.807) is 18.4 Å². The molecular formula is C16H17BrN2O4S. The van der Waals surface area contributed by atoms with Gasteiger partial charge in [-0.2, -0.15) is 0 Å². The molecule has 2 aromatic rings. The molecule has 8 heteroatoms. The van der Waals surface area contributed by atoms with E-state index in [1.807, 2.05) is 19.1 Å². The van der Waals surface area contributed by atoms with E-state index in [-0.39, 0.29) is 24.9 Å². The summed E-state index contributed by atoms with van der Waals surface area (Å²) in [6.07, 6.45) is 0.0921. The lowest BCUT2D eigenvalue weighted by Gasteiger charge is -2.07. The summed E-state index contributed by atoms with van der Waals surface area (Å²) in [5.41, 5.74) is 1.59. The zero-order chi connectivity index (χ0) is 17.5. The zero-order valence-corrected chi connectivity index (χ0v) is 15.7. The molecule has 2 rings (SSSR count). The Morgan fingerprint density at radius 1 is 1.38 bits per heavy atom. The average molecular weight is 413 g/mol. The highest BCUT2D eigenvalue weighted by molar-refractivity contribution is 9.10. The second-order valence-electron chi connectivity index (χ2n) is 4.87. The molecule has 0 radical (unpaired) electrons. The molecule has 128 valence electrons. The Morgan fingerprint density at radius 2 is 2.17 bits per heavy atom. The number of nitrogens with one attached hydrogen (secondary N) is 1. The van der Waals surface area contributed by atoms with Gasteiger partial charge in [-0.15, -0.1) is 11.3 Å². The van der Waals surface area contributed by atoms with E-state index >= 15 is 0 Å². The Kier molecular flexibility index (Phi) is 6.74. The van der Waals surface area contributed by atoms with Gasteiger partial charge in [-0.1, -0.05) is 15.9 Å². The van der Waals surface area contributed by atoms with Gasteiger partial charge in [-0.3, -0.25) is 14.9 Å².